The molecular formula is C11H23ClN2OS. The Labute approximate surface area is 109 Å². The molecule has 0 aromatic heterocycles. The van der Waals surface area contributed by atoms with Crippen molar-refractivity contribution in [1.29, 1.82) is 0 Å². The van der Waals surface area contributed by atoms with E-state index in [0.29, 0.717) is 5.25 Å². The van der Waals surface area contributed by atoms with Crippen LogP contribution in [0, 0.1) is 0 Å². The summed E-state index contributed by atoms with van der Waals surface area (Å²) in [6.07, 6.45) is 3.60. The number of hydrogen-bond acceptors (Lipinski definition) is 3. The van der Waals surface area contributed by atoms with Gasteiger partial charge in [0, 0.05) is 18.3 Å². The topological polar surface area (TPSA) is 46.3 Å². The molecular weight excluding hydrogens is 244 g/mol. The summed E-state index contributed by atoms with van der Waals surface area (Å²) in [4.78, 5) is 13.7. The minimum absolute atomic E-state index is 0. The van der Waals surface area contributed by atoms with Crippen LogP contribution in [0.4, 0.5) is 0 Å². The average molecular weight is 267 g/mol. The van der Waals surface area contributed by atoms with Gasteiger partial charge in [-0.05, 0) is 25.5 Å². The molecule has 1 saturated heterocycles. The fourth-order valence-electron chi connectivity index (χ4n) is 1.96. The number of nitrogens with zero attached hydrogens (tertiary/aromatic N) is 1. The van der Waals surface area contributed by atoms with Gasteiger partial charge in [0.25, 0.3) is 0 Å². The van der Waals surface area contributed by atoms with E-state index in [1.807, 2.05) is 16.7 Å². The number of carbonyl (C=O) groups is 1. The first-order chi connectivity index (χ1) is 7.15. The summed E-state index contributed by atoms with van der Waals surface area (Å²) < 4.78 is 0. The van der Waals surface area contributed by atoms with Crippen molar-refractivity contribution in [3.05, 3.63) is 0 Å². The van der Waals surface area contributed by atoms with E-state index in [0.717, 1.165) is 25.3 Å². The van der Waals surface area contributed by atoms with Crippen molar-refractivity contribution in [1.82, 2.24) is 4.90 Å². The van der Waals surface area contributed by atoms with Crippen molar-refractivity contribution in [3.8, 4) is 0 Å². The molecule has 1 heterocycles. The Balaban J connectivity index is 0.00000225. The van der Waals surface area contributed by atoms with E-state index >= 15 is 0 Å². The highest BCUT2D eigenvalue weighted by atomic mass is 35.5. The zero-order chi connectivity index (χ0) is 11.3. The van der Waals surface area contributed by atoms with E-state index in [1.54, 1.807) is 6.92 Å². The molecule has 1 amide bonds. The molecule has 16 heavy (non-hydrogen) atoms. The van der Waals surface area contributed by atoms with Crippen LogP contribution in [-0.2, 0) is 4.79 Å². The normalized spacial score (nSPS) is 23.2. The van der Waals surface area contributed by atoms with Crippen LogP contribution in [0.5, 0.6) is 0 Å². The lowest BCUT2D eigenvalue weighted by atomic mass is 10.2. The summed E-state index contributed by atoms with van der Waals surface area (Å²) in [6.45, 7) is 5.72. The van der Waals surface area contributed by atoms with Gasteiger partial charge < -0.3 is 10.6 Å². The number of hydrogen-bond donors (Lipinski definition) is 1. The van der Waals surface area contributed by atoms with E-state index in [4.69, 9.17) is 5.73 Å². The largest absolute Gasteiger partial charge is 0.340 e. The Morgan fingerprint density at radius 3 is 2.81 bits per heavy atom. The highest BCUT2D eigenvalue weighted by Crippen LogP contribution is 2.22. The number of amides is 1. The van der Waals surface area contributed by atoms with Gasteiger partial charge in [-0.25, -0.2) is 0 Å². The van der Waals surface area contributed by atoms with E-state index < -0.39 is 0 Å². The van der Waals surface area contributed by atoms with Crippen molar-refractivity contribution in [2.45, 2.75) is 44.4 Å². The molecule has 0 radical (unpaired) electrons. The molecule has 1 aliphatic rings. The van der Waals surface area contributed by atoms with Gasteiger partial charge in [0.15, 0.2) is 0 Å². The number of halogens is 1. The molecule has 1 rings (SSSR count). The molecule has 0 aliphatic carbocycles. The molecule has 1 fully saturated rings. The molecule has 0 aromatic rings. The fraction of sp³-hybridized carbons (Fsp3) is 0.909. The highest BCUT2D eigenvalue weighted by Gasteiger charge is 2.23. The second-order valence-electron chi connectivity index (χ2n) is 4.15. The third-order valence-electron chi connectivity index (χ3n) is 2.73. The van der Waals surface area contributed by atoms with Crippen LogP contribution < -0.4 is 5.73 Å². The van der Waals surface area contributed by atoms with E-state index in [-0.39, 0.29) is 24.4 Å². The summed E-state index contributed by atoms with van der Waals surface area (Å²) in [5, 5.41) is 0.611. The maximum absolute atomic E-state index is 11.8. The second-order valence-corrected chi connectivity index (χ2v) is 5.72. The van der Waals surface area contributed by atoms with E-state index in [2.05, 4.69) is 6.92 Å². The Kier molecular flexibility index (Phi) is 8.24. The fourth-order valence-corrected chi connectivity index (χ4v) is 3.05. The van der Waals surface area contributed by atoms with E-state index in [9.17, 15) is 4.79 Å². The average Bonchev–Trinajstić information content (AvgIpc) is 2.42. The first kappa shape index (κ1) is 16.1. The van der Waals surface area contributed by atoms with Crippen molar-refractivity contribution in [2.75, 3.05) is 18.8 Å². The van der Waals surface area contributed by atoms with Gasteiger partial charge in [-0.3, -0.25) is 4.79 Å². The number of carbonyl (C=O) groups excluding carboxylic acids is 1. The quantitative estimate of drug-likeness (QED) is 0.849. The second kappa shape index (κ2) is 8.20. The molecule has 5 heteroatoms. The minimum atomic E-state index is -0.352. The van der Waals surface area contributed by atoms with Gasteiger partial charge in [0.2, 0.25) is 5.91 Å². The van der Waals surface area contributed by atoms with Gasteiger partial charge >= 0.3 is 0 Å². The third kappa shape index (κ3) is 4.93. The lowest BCUT2D eigenvalue weighted by molar-refractivity contribution is -0.132. The molecule has 2 N–H and O–H groups in total. The van der Waals surface area contributed by atoms with Crippen LogP contribution in [0.1, 0.15) is 33.1 Å². The first-order valence-electron chi connectivity index (χ1n) is 5.81. The van der Waals surface area contributed by atoms with Crippen LogP contribution in [-0.4, -0.2) is 40.9 Å². The monoisotopic (exact) mass is 266 g/mol. The van der Waals surface area contributed by atoms with Crippen molar-refractivity contribution >= 4 is 30.1 Å². The van der Waals surface area contributed by atoms with Crippen LogP contribution in [0.25, 0.3) is 0 Å². The van der Waals surface area contributed by atoms with Gasteiger partial charge in [-0.15, -0.1) is 12.4 Å². The smallest absolute Gasteiger partial charge is 0.239 e. The molecule has 1 aliphatic heterocycles. The summed E-state index contributed by atoms with van der Waals surface area (Å²) in [7, 11) is 0. The van der Waals surface area contributed by atoms with Crippen molar-refractivity contribution < 1.29 is 4.79 Å². The highest BCUT2D eigenvalue weighted by molar-refractivity contribution is 7.99. The molecule has 0 spiro atoms. The number of likely N-dealkylation sites (tertiary alicyclic amines) is 1. The molecule has 3 nitrogen and oxygen atoms in total. The Bertz CT molecular complexity index is 214. The third-order valence-corrected chi connectivity index (χ3v) is 3.92. The van der Waals surface area contributed by atoms with Gasteiger partial charge in [0.1, 0.15) is 0 Å². The predicted octanol–water partition coefficient (Wildman–Crippen LogP) is 1.89. The first-order valence-corrected chi connectivity index (χ1v) is 6.86. The lowest BCUT2D eigenvalue weighted by Crippen LogP contribution is -2.44. The van der Waals surface area contributed by atoms with Crippen LogP contribution >= 0.6 is 24.2 Å². The molecule has 96 valence electrons. The zero-order valence-corrected chi connectivity index (χ0v) is 11.8. The molecule has 1 unspecified atom stereocenters. The Hall–Kier alpha value is 0.0700. The Morgan fingerprint density at radius 2 is 2.25 bits per heavy atom. The lowest BCUT2D eigenvalue weighted by Gasteiger charge is -2.25. The maximum atomic E-state index is 11.8. The molecule has 2 atom stereocenters. The van der Waals surface area contributed by atoms with Gasteiger partial charge in [-0.1, -0.05) is 13.3 Å². The van der Waals surface area contributed by atoms with E-state index in [1.165, 1.54) is 12.8 Å². The van der Waals surface area contributed by atoms with Crippen molar-refractivity contribution in [2.24, 2.45) is 5.73 Å². The number of rotatable bonds is 3. The Morgan fingerprint density at radius 1 is 1.56 bits per heavy atom. The molecule has 0 bridgehead atoms. The van der Waals surface area contributed by atoms with Gasteiger partial charge in [-0.2, -0.15) is 11.8 Å². The molecule has 0 saturated carbocycles. The van der Waals surface area contributed by atoms with Crippen LogP contribution in [0.15, 0.2) is 0 Å². The standard InChI is InChI=1S/C11H22N2OS.ClH/c1-3-15-10-6-4-5-7-13(8-10)11(14)9(2)12;/h9-10H,3-8,12H2,1-2H3;1H/t9-,10?;/m0./s1. The summed E-state index contributed by atoms with van der Waals surface area (Å²) in [5.74, 6) is 1.24. The minimum Gasteiger partial charge on any atom is -0.340 e. The summed E-state index contributed by atoms with van der Waals surface area (Å²) >= 11 is 1.96. The van der Waals surface area contributed by atoms with Gasteiger partial charge in [0.05, 0.1) is 6.04 Å². The number of nitrogens with two attached hydrogens (primary N) is 1. The molecule has 0 aromatic carbocycles. The summed E-state index contributed by atoms with van der Waals surface area (Å²) in [6, 6.07) is -0.352. The zero-order valence-electron chi connectivity index (χ0n) is 10.1. The SMILES string of the molecule is CCSC1CCCCN(C(=O)[C@H](C)N)C1.Cl. The maximum Gasteiger partial charge on any atom is 0.239 e. The number of thioether (sulfide) groups is 1. The van der Waals surface area contributed by atoms with Crippen LogP contribution in [0.2, 0.25) is 0 Å². The predicted molar refractivity (Wildman–Crippen MR) is 73.2 cm³/mol. The summed E-state index contributed by atoms with van der Waals surface area (Å²) in [5.41, 5.74) is 5.64. The van der Waals surface area contributed by atoms with Crippen LogP contribution in [0.3, 0.4) is 0 Å². The van der Waals surface area contributed by atoms with Crippen molar-refractivity contribution in [3.63, 3.8) is 0 Å².